The molecule has 4 nitrogen and oxygen atoms in total. The van der Waals surface area contributed by atoms with E-state index >= 15 is 0 Å². The first-order valence-corrected chi connectivity index (χ1v) is 6.63. The summed E-state index contributed by atoms with van der Waals surface area (Å²) < 4.78 is 19.4. The maximum atomic E-state index is 13.8. The van der Waals surface area contributed by atoms with E-state index < -0.39 is 5.82 Å². The van der Waals surface area contributed by atoms with Crippen LogP contribution in [0.3, 0.4) is 0 Å². The van der Waals surface area contributed by atoms with E-state index in [1.165, 1.54) is 25.3 Å². The summed E-state index contributed by atoms with van der Waals surface area (Å²) >= 11 is 0. The van der Waals surface area contributed by atoms with Crippen molar-refractivity contribution in [3.05, 3.63) is 29.9 Å². The Kier molecular flexibility index (Phi) is 3.19. The molecule has 19 heavy (non-hydrogen) atoms. The average Bonchev–Trinajstić information content (AvgIpc) is 2.89. The number of hydrogen-bond donors (Lipinski definition) is 1. The van der Waals surface area contributed by atoms with Gasteiger partial charge in [-0.2, -0.15) is 0 Å². The van der Waals surface area contributed by atoms with Crippen molar-refractivity contribution in [2.24, 2.45) is 0 Å². The molecule has 0 amide bonds. The summed E-state index contributed by atoms with van der Waals surface area (Å²) in [5.41, 5.74) is 6.21. The molecule has 5 heteroatoms. The van der Waals surface area contributed by atoms with Crippen molar-refractivity contribution in [1.29, 1.82) is 0 Å². The van der Waals surface area contributed by atoms with Crippen LogP contribution in [0.2, 0.25) is 0 Å². The molecule has 1 aliphatic carbocycles. The van der Waals surface area contributed by atoms with Crippen LogP contribution in [0.25, 0.3) is 11.5 Å². The van der Waals surface area contributed by atoms with Gasteiger partial charge in [0.1, 0.15) is 5.82 Å². The lowest BCUT2D eigenvalue weighted by molar-refractivity contribution is 0.366. The zero-order chi connectivity index (χ0) is 13.2. The fourth-order valence-electron chi connectivity index (χ4n) is 2.56. The Bertz CT molecular complexity index is 576. The first-order chi connectivity index (χ1) is 9.24. The van der Waals surface area contributed by atoms with Gasteiger partial charge in [0, 0.05) is 11.6 Å². The maximum absolute atomic E-state index is 13.8. The first kappa shape index (κ1) is 12.1. The van der Waals surface area contributed by atoms with Crippen LogP contribution < -0.4 is 5.73 Å². The molecule has 1 fully saturated rings. The molecule has 0 unspecified atom stereocenters. The Morgan fingerprint density at radius 3 is 2.68 bits per heavy atom. The summed E-state index contributed by atoms with van der Waals surface area (Å²) in [6.45, 7) is 0. The van der Waals surface area contributed by atoms with E-state index in [1.807, 2.05) is 0 Å². The van der Waals surface area contributed by atoms with Crippen molar-refractivity contribution >= 4 is 5.69 Å². The second-order valence-corrected chi connectivity index (χ2v) is 5.02. The monoisotopic (exact) mass is 261 g/mol. The van der Waals surface area contributed by atoms with Crippen molar-refractivity contribution in [3.63, 3.8) is 0 Å². The van der Waals surface area contributed by atoms with Crippen molar-refractivity contribution < 1.29 is 8.81 Å². The molecule has 0 atom stereocenters. The van der Waals surface area contributed by atoms with E-state index in [0.717, 1.165) is 12.8 Å². The van der Waals surface area contributed by atoms with Gasteiger partial charge in [-0.15, -0.1) is 10.2 Å². The largest absolute Gasteiger partial charge is 0.420 e. The number of anilines is 1. The first-order valence-electron chi connectivity index (χ1n) is 6.63. The molecule has 1 aliphatic rings. The third-order valence-electron chi connectivity index (χ3n) is 3.62. The van der Waals surface area contributed by atoms with Gasteiger partial charge in [-0.05, 0) is 31.0 Å². The number of benzene rings is 1. The summed E-state index contributed by atoms with van der Waals surface area (Å²) in [7, 11) is 0. The minimum absolute atomic E-state index is 0.234. The van der Waals surface area contributed by atoms with Gasteiger partial charge in [0.05, 0.1) is 5.56 Å². The number of nitrogens with two attached hydrogens (primary N) is 1. The predicted molar refractivity (Wildman–Crippen MR) is 69.9 cm³/mol. The SMILES string of the molecule is Nc1ccc(-c2nnc(C3CCCCC3)o2)c(F)c1. The van der Waals surface area contributed by atoms with Crippen molar-refractivity contribution in [2.75, 3.05) is 5.73 Å². The topological polar surface area (TPSA) is 64.9 Å². The summed E-state index contributed by atoms with van der Waals surface area (Å²) in [4.78, 5) is 0. The van der Waals surface area contributed by atoms with Gasteiger partial charge >= 0.3 is 0 Å². The number of aromatic nitrogens is 2. The number of nitrogens with zero attached hydrogens (tertiary/aromatic N) is 2. The zero-order valence-electron chi connectivity index (χ0n) is 10.6. The van der Waals surface area contributed by atoms with E-state index in [2.05, 4.69) is 10.2 Å². The van der Waals surface area contributed by atoms with Crippen molar-refractivity contribution in [2.45, 2.75) is 38.0 Å². The van der Waals surface area contributed by atoms with Crippen LogP contribution >= 0.6 is 0 Å². The highest BCUT2D eigenvalue weighted by atomic mass is 19.1. The number of rotatable bonds is 2. The van der Waals surface area contributed by atoms with E-state index in [-0.39, 0.29) is 5.89 Å². The molecular formula is C14H16FN3O. The highest BCUT2D eigenvalue weighted by molar-refractivity contribution is 5.58. The molecule has 3 rings (SSSR count). The van der Waals surface area contributed by atoms with E-state index in [4.69, 9.17) is 10.2 Å². The lowest BCUT2D eigenvalue weighted by atomic mass is 9.89. The fraction of sp³-hybridized carbons (Fsp3) is 0.429. The van der Waals surface area contributed by atoms with Gasteiger partial charge in [0.25, 0.3) is 5.89 Å². The summed E-state index contributed by atoms with van der Waals surface area (Å²) in [6, 6.07) is 4.46. The normalized spacial score (nSPS) is 16.7. The molecule has 0 saturated heterocycles. The molecule has 2 N–H and O–H groups in total. The van der Waals surface area contributed by atoms with Crippen LogP contribution in [0, 0.1) is 5.82 Å². The molecular weight excluding hydrogens is 245 g/mol. The molecule has 0 bridgehead atoms. The zero-order valence-corrected chi connectivity index (χ0v) is 10.6. The highest BCUT2D eigenvalue weighted by Gasteiger charge is 2.22. The van der Waals surface area contributed by atoms with Crippen LogP contribution in [-0.2, 0) is 0 Å². The third-order valence-corrected chi connectivity index (χ3v) is 3.62. The van der Waals surface area contributed by atoms with Gasteiger partial charge in [0.2, 0.25) is 5.89 Å². The summed E-state index contributed by atoms with van der Waals surface area (Å²) in [5, 5.41) is 8.02. The molecule has 100 valence electrons. The van der Waals surface area contributed by atoms with Gasteiger partial charge in [-0.1, -0.05) is 19.3 Å². The second kappa shape index (κ2) is 4.99. The van der Waals surface area contributed by atoms with Crippen LogP contribution in [0.15, 0.2) is 22.6 Å². The predicted octanol–water partition coefficient (Wildman–Crippen LogP) is 3.51. The van der Waals surface area contributed by atoms with Crippen LogP contribution in [-0.4, -0.2) is 10.2 Å². The smallest absolute Gasteiger partial charge is 0.250 e. The summed E-state index contributed by atoms with van der Waals surface area (Å²) in [5.74, 6) is 0.759. The molecule has 0 spiro atoms. The van der Waals surface area contributed by atoms with Gasteiger partial charge in [-0.3, -0.25) is 0 Å². The van der Waals surface area contributed by atoms with Crippen LogP contribution in [0.4, 0.5) is 10.1 Å². The van der Waals surface area contributed by atoms with Crippen LogP contribution in [0.1, 0.15) is 43.9 Å². The Morgan fingerprint density at radius 2 is 1.95 bits per heavy atom. The number of nitrogen functional groups attached to an aromatic ring is 1. The fourth-order valence-corrected chi connectivity index (χ4v) is 2.56. The van der Waals surface area contributed by atoms with E-state index in [1.54, 1.807) is 12.1 Å². The number of halogens is 1. The number of hydrogen-bond acceptors (Lipinski definition) is 4. The van der Waals surface area contributed by atoms with Gasteiger partial charge in [0.15, 0.2) is 0 Å². The standard InChI is InChI=1S/C14H16FN3O/c15-12-8-10(16)6-7-11(12)14-18-17-13(19-14)9-4-2-1-3-5-9/h6-9H,1-5,16H2. The average molecular weight is 261 g/mol. The molecule has 0 radical (unpaired) electrons. The van der Waals surface area contributed by atoms with Crippen molar-refractivity contribution in [1.82, 2.24) is 10.2 Å². The molecule has 2 aromatic rings. The minimum atomic E-state index is -0.432. The third kappa shape index (κ3) is 2.45. The molecule has 1 heterocycles. The van der Waals surface area contributed by atoms with E-state index in [0.29, 0.717) is 23.1 Å². The lowest BCUT2D eigenvalue weighted by Crippen LogP contribution is -2.04. The van der Waals surface area contributed by atoms with E-state index in [9.17, 15) is 4.39 Å². The second-order valence-electron chi connectivity index (χ2n) is 5.02. The minimum Gasteiger partial charge on any atom is -0.420 e. The Balaban J connectivity index is 1.87. The molecule has 0 aliphatic heterocycles. The lowest BCUT2D eigenvalue weighted by Gasteiger charge is -2.17. The van der Waals surface area contributed by atoms with Crippen LogP contribution in [0.5, 0.6) is 0 Å². The molecule has 1 aromatic carbocycles. The Labute approximate surface area is 110 Å². The maximum Gasteiger partial charge on any atom is 0.250 e. The van der Waals surface area contributed by atoms with Crippen molar-refractivity contribution in [3.8, 4) is 11.5 Å². The van der Waals surface area contributed by atoms with Gasteiger partial charge < -0.3 is 10.2 Å². The molecule has 1 saturated carbocycles. The molecule has 1 aromatic heterocycles. The summed E-state index contributed by atoms with van der Waals surface area (Å²) in [6.07, 6.45) is 5.80. The Hall–Kier alpha value is -1.91. The quantitative estimate of drug-likeness (QED) is 0.840. The Morgan fingerprint density at radius 1 is 1.16 bits per heavy atom. The van der Waals surface area contributed by atoms with Gasteiger partial charge in [-0.25, -0.2) is 4.39 Å². The highest BCUT2D eigenvalue weighted by Crippen LogP contribution is 2.33.